The van der Waals surface area contributed by atoms with Crippen LogP contribution in [0.1, 0.15) is 119 Å². The van der Waals surface area contributed by atoms with E-state index in [2.05, 4.69) is 140 Å². The van der Waals surface area contributed by atoms with Gasteiger partial charge >= 0.3 is 0 Å². The number of aromatic hydroxyl groups is 2. The number of phenols is 2. The fourth-order valence-electron chi connectivity index (χ4n) is 12.0. The van der Waals surface area contributed by atoms with Gasteiger partial charge in [0.05, 0.1) is 16.1 Å². The van der Waals surface area contributed by atoms with Crippen molar-refractivity contribution in [2.45, 2.75) is 160 Å². The van der Waals surface area contributed by atoms with Gasteiger partial charge in [0.15, 0.2) is 0 Å². The molecule has 2 heterocycles. The molecule has 4 aliphatic rings. The van der Waals surface area contributed by atoms with Crippen molar-refractivity contribution in [3.63, 3.8) is 0 Å². The Kier molecular flexibility index (Phi) is 12.1. The van der Waals surface area contributed by atoms with Gasteiger partial charge in [0.2, 0.25) is 0 Å². The molecule has 0 spiro atoms. The van der Waals surface area contributed by atoms with Crippen LogP contribution in [0.4, 0.5) is 0 Å². The Morgan fingerprint density at radius 2 is 1.16 bits per heavy atom. The quantitative estimate of drug-likeness (QED) is 0.0799. The van der Waals surface area contributed by atoms with Gasteiger partial charge in [-0.2, -0.15) is 0 Å². The first-order valence-corrected chi connectivity index (χ1v) is 29.9. The van der Waals surface area contributed by atoms with E-state index in [9.17, 15) is 10.2 Å². The minimum atomic E-state index is -1.84. The normalized spacial score (nSPS) is 24.2. The maximum Gasteiger partial charge on any atom is 0.127 e. The van der Waals surface area contributed by atoms with Crippen LogP contribution < -0.4 is 19.8 Å². The van der Waals surface area contributed by atoms with Gasteiger partial charge in [-0.3, -0.25) is 0 Å². The molecule has 4 nitrogen and oxygen atoms in total. The van der Waals surface area contributed by atoms with Crippen molar-refractivity contribution in [3.8, 4) is 23.0 Å². The highest BCUT2D eigenvalue weighted by Crippen LogP contribution is 2.55. The molecule has 6 heteroatoms. The van der Waals surface area contributed by atoms with Crippen LogP contribution in [0.15, 0.2) is 102 Å². The number of phenolic OH excluding ortho intramolecular Hbond substituents is 2. The lowest BCUT2D eigenvalue weighted by atomic mass is 9.65. The zero-order valence-electron chi connectivity index (χ0n) is 38.7. The zero-order chi connectivity index (χ0) is 43.3. The first-order valence-electron chi connectivity index (χ1n) is 23.5. The van der Waals surface area contributed by atoms with E-state index in [0.717, 1.165) is 86.8 Å². The third-order valence-corrected chi connectivity index (χ3v) is 22.6. The highest BCUT2D eigenvalue weighted by Gasteiger charge is 2.49. The zero-order valence-corrected chi connectivity index (χ0v) is 40.7. The number of benzene rings is 4. The fourth-order valence-corrected chi connectivity index (χ4v) is 17.4. The summed E-state index contributed by atoms with van der Waals surface area (Å²) in [5, 5.41) is 26.1. The SMILES string of the molecule is CC1=C[C@H]2c3c(O)cc(CCCC[Si](C)(C)c4ccccc4CC4(C)Oc5cc(CCC[Si](C)(C)c6ccccc6)cc(O)c5C5C=C(C)CC[C@H]54)cc3OC(C)(C)[C@@H]2CC1. The van der Waals surface area contributed by atoms with Crippen molar-refractivity contribution in [1.29, 1.82) is 0 Å². The molecule has 2 N–H and O–H groups in total. The van der Waals surface area contributed by atoms with Crippen molar-refractivity contribution in [2.24, 2.45) is 11.8 Å². The van der Waals surface area contributed by atoms with Gasteiger partial charge in [-0.1, -0.05) is 139 Å². The van der Waals surface area contributed by atoms with Crippen molar-refractivity contribution < 1.29 is 19.7 Å². The molecule has 324 valence electrons. The molecule has 0 aromatic heterocycles. The van der Waals surface area contributed by atoms with Crippen molar-refractivity contribution in [2.75, 3.05) is 0 Å². The summed E-state index contributed by atoms with van der Waals surface area (Å²) < 4.78 is 13.9. The van der Waals surface area contributed by atoms with Crippen LogP contribution in [0.2, 0.25) is 38.3 Å². The molecule has 0 amide bonds. The summed E-state index contributed by atoms with van der Waals surface area (Å²) >= 11 is 0. The Labute approximate surface area is 369 Å². The summed E-state index contributed by atoms with van der Waals surface area (Å²) in [5.41, 5.74) is 7.90. The van der Waals surface area contributed by atoms with E-state index in [0.29, 0.717) is 17.4 Å². The highest BCUT2D eigenvalue weighted by molar-refractivity contribution is 6.90. The van der Waals surface area contributed by atoms with Crippen LogP contribution in [0.3, 0.4) is 0 Å². The molecule has 5 atom stereocenters. The van der Waals surface area contributed by atoms with Crippen LogP contribution in [0.5, 0.6) is 23.0 Å². The summed E-state index contributed by atoms with van der Waals surface area (Å²) in [6.45, 7) is 21.3. The van der Waals surface area contributed by atoms with Crippen molar-refractivity contribution in [3.05, 3.63) is 130 Å². The van der Waals surface area contributed by atoms with Crippen LogP contribution in [-0.4, -0.2) is 37.6 Å². The second kappa shape index (κ2) is 16.9. The lowest BCUT2D eigenvalue weighted by molar-refractivity contribution is -0.00544. The maximum absolute atomic E-state index is 11.7. The molecule has 0 saturated heterocycles. The van der Waals surface area contributed by atoms with Crippen LogP contribution >= 0.6 is 0 Å². The van der Waals surface area contributed by atoms with E-state index in [-0.39, 0.29) is 23.4 Å². The van der Waals surface area contributed by atoms with Crippen molar-refractivity contribution >= 4 is 26.5 Å². The van der Waals surface area contributed by atoms with E-state index in [1.54, 1.807) is 5.19 Å². The molecule has 8 rings (SSSR count). The number of hydrogen-bond acceptors (Lipinski definition) is 4. The molecule has 0 saturated carbocycles. The van der Waals surface area contributed by atoms with E-state index < -0.39 is 21.7 Å². The number of rotatable bonds is 13. The predicted octanol–water partition coefficient (Wildman–Crippen LogP) is 13.0. The Hall–Kier alpha value is -4.01. The van der Waals surface area contributed by atoms with Gasteiger partial charge in [-0.25, -0.2) is 0 Å². The molecule has 0 fully saturated rings. The molecule has 2 unspecified atom stereocenters. The second-order valence-corrected chi connectivity index (χ2v) is 31.2. The number of allylic oxidation sites excluding steroid dienone is 4. The lowest BCUT2D eigenvalue weighted by Gasteiger charge is -2.49. The summed E-state index contributed by atoms with van der Waals surface area (Å²) in [7, 11) is -3.40. The summed E-state index contributed by atoms with van der Waals surface area (Å²) in [6, 6.07) is 31.2. The molecule has 2 aliphatic carbocycles. The molecule has 0 radical (unpaired) electrons. The molecule has 0 bridgehead atoms. The Balaban J connectivity index is 0.968. The number of ether oxygens (including phenoxy) is 2. The molecule has 4 aromatic rings. The molecular formula is C55H72O4Si2. The van der Waals surface area contributed by atoms with Gasteiger partial charge in [0, 0.05) is 41.2 Å². The summed E-state index contributed by atoms with van der Waals surface area (Å²) in [6.07, 6.45) is 15.2. The third-order valence-electron chi connectivity index (χ3n) is 15.5. The van der Waals surface area contributed by atoms with E-state index in [1.807, 2.05) is 12.1 Å². The van der Waals surface area contributed by atoms with Gasteiger partial charge in [-0.05, 0) is 121 Å². The van der Waals surface area contributed by atoms with E-state index in [4.69, 9.17) is 9.47 Å². The predicted molar refractivity (Wildman–Crippen MR) is 260 cm³/mol. The number of unbranched alkanes of at least 4 members (excludes halogenated alkanes) is 1. The van der Waals surface area contributed by atoms with E-state index >= 15 is 0 Å². The maximum atomic E-state index is 11.7. The fraction of sp³-hybridized carbons (Fsp3) is 0.491. The van der Waals surface area contributed by atoms with Crippen molar-refractivity contribution in [1.82, 2.24) is 0 Å². The molecular weight excluding hydrogens is 781 g/mol. The Morgan fingerprint density at radius 1 is 0.623 bits per heavy atom. The minimum absolute atomic E-state index is 0.141. The van der Waals surface area contributed by atoms with Crippen LogP contribution in [0, 0.1) is 11.8 Å². The number of aryl methyl sites for hydroxylation is 2. The van der Waals surface area contributed by atoms with Gasteiger partial charge in [0.1, 0.15) is 34.2 Å². The first kappa shape index (κ1) is 43.6. The monoisotopic (exact) mass is 852 g/mol. The summed E-state index contributed by atoms with van der Waals surface area (Å²) in [4.78, 5) is 0. The molecule has 2 aliphatic heterocycles. The van der Waals surface area contributed by atoms with Gasteiger partial charge in [0.25, 0.3) is 0 Å². The number of fused-ring (bicyclic) bond motifs is 6. The Bertz CT molecular complexity index is 2300. The topological polar surface area (TPSA) is 58.9 Å². The Morgan fingerprint density at radius 3 is 1.82 bits per heavy atom. The number of hydrogen-bond donors (Lipinski definition) is 2. The first-order chi connectivity index (χ1) is 28.9. The summed E-state index contributed by atoms with van der Waals surface area (Å²) in [5.74, 6) is 3.57. The molecule has 61 heavy (non-hydrogen) atoms. The van der Waals surface area contributed by atoms with E-state index in [1.165, 1.54) is 45.1 Å². The minimum Gasteiger partial charge on any atom is -0.507 e. The van der Waals surface area contributed by atoms with Crippen LogP contribution in [-0.2, 0) is 19.3 Å². The second-order valence-electron chi connectivity index (χ2n) is 21.6. The average Bonchev–Trinajstić information content (AvgIpc) is 3.19. The van der Waals surface area contributed by atoms with Gasteiger partial charge in [-0.15, -0.1) is 0 Å². The largest absolute Gasteiger partial charge is 0.507 e. The average molecular weight is 853 g/mol. The van der Waals surface area contributed by atoms with Gasteiger partial charge < -0.3 is 19.7 Å². The molecule has 4 aromatic carbocycles. The smallest absolute Gasteiger partial charge is 0.127 e. The van der Waals surface area contributed by atoms with Crippen LogP contribution in [0.25, 0.3) is 0 Å². The third kappa shape index (κ3) is 8.96. The lowest BCUT2D eigenvalue weighted by Crippen LogP contribution is -2.51. The highest BCUT2D eigenvalue weighted by atomic mass is 28.3. The standard InChI is InChI=1S/C55H72O4Si2/c1-37-24-26-45-43(30-37)52-47(56)32-39(34-49(52)58-54(45,3)4)18-15-16-28-61(8,9)51-23-14-13-20-41(51)36-55(5)46-27-25-38(2)31-44(46)53-48(57)33-40(35-50(53)59-55)19-17-29-60(6,7)42-21-11-10-12-22-42/h10-14,20-23,30-35,43-46,56-57H,15-19,24-29,36H2,1-9H3/t43-,44?,45-,46-,55?/m1/s1.